The maximum Gasteiger partial charge on any atom is 1.00 e. The number of esters is 1. The normalized spacial score (nSPS) is 10.2. The third-order valence-corrected chi connectivity index (χ3v) is 13.4. The third kappa shape index (κ3) is 15.6. The molecule has 0 bridgehead atoms. The Morgan fingerprint density at radius 2 is 0.821 bits per heavy atom. The molecule has 0 amide bonds. The van der Waals surface area contributed by atoms with Gasteiger partial charge in [0.2, 0.25) is 0 Å². The molecular weight excluding hydrogens is 1190 g/mol. The Hall–Kier alpha value is -5.79. The van der Waals surface area contributed by atoms with Crippen LogP contribution in [0.5, 0.6) is 0 Å². The van der Waals surface area contributed by atoms with Gasteiger partial charge < -0.3 is 63.8 Å². The number of benzene rings is 3. The molecule has 0 unspecified atom stereocenters. The summed E-state index contributed by atoms with van der Waals surface area (Å²) in [5, 5.41) is 13.6. The van der Waals surface area contributed by atoms with Crippen LogP contribution in [-0.4, -0.2) is 140 Å². The smallest absolute Gasteiger partial charge is 0.870 e. The Labute approximate surface area is 551 Å². The van der Waals surface area contributed by atoms with Gasteiger partial charge in [0.1, 0.15) is 46.8 Å². The van der Waals surface area contributed by atoms with Gasteiger partial charge in [-0.2, -0.15) is 0 Å². The molecule has 0 aliphatic rings. The van der Waals surface area contributed by atoms with Gasteiger partial charge in [0.25, 0.3) is 0 Å². The van der Waals surface area contributed by atoms with Gasteiger partial charge in [0.15, 0.2) is 16.3 Å². The fourth-order valence-corrected chi connectivity index (χ4v) is 10.1. The van der Waals surface area contributed by atoms with Crippen molar-refractivity contribution in [2.24, 2.45) is 0 Å². The first-order chi connectivity index (χ1) is 36.4. The molecule has 6 heterocycles. The molecule has 442 valence electrons. The van der Waals surface area contributed by atoms with Gasteiger partial charge in [-0.25, -0.2) is 21.2 Å². The van der Waals surface area contributed by atoms with Crippen LogP contribution in [0.3, 0.4) is 0 Å². The average molecular weight is 1260 g/mol. The maximum atomic E-state index is 13.0. The Morgan fingerprint density at radius 3 is 1.15 bits per heavy atom. The summed E-state index contributed by atoms with van der Waals surface area (Å²) in [6, 6.07) is 20.1. The fraction of sp³-hybridized carbons (Fsp3) is 0.316. The van der Waals surface area contributed by atoms with E-state index in [1.807, 2.05) is 72.5 Å². The van der Waals surface area contributed by atoms with Crippen molar-refractivity contribution >= 4 is 159 Å². The van der Waals surface area contributed by atoms with Gasteiger partial charge >= 0.3 is 71.1 Å². The van der Waals surface area contributed by atoms with Gasteiger partial charge in [0.05, 0.1) is 71.4 Å². The number of hydrogen-bond acceptors (Lipinski definition) is 17. The topological polar surface area (TPSA) is 262 Å². The molecule has 0 radical (unpaired) electrons. The van der Waals surface area contributed by atoms with Crippen LogP contribution in [0.2, 0.25) is 20.2 Å². The first-order valence-corrected chi connectivity index (χ1v) is 25.2. The number of halogens is 4. The van der Waals surface area contributed by atoms with E-state index in [9.17, 15) is 33.9 Å². The molecule has 0 saturated carbocycles. The second kappa shape index (κ2) is 32.6. The van der Waals surface area contributed by atoms with E-state index >= 15 is 0 Å². The zero-order chi connectivity index (χ0) is 56.5. The Morgan fingerprint density at radius 1 is 0.500 bits per heavy atom. The van der Waals surface area contributed by atoms with Gasteiger partial charge in [-0.05, 0) is 79.7 Å². The molecule has 9 aromatic rings. The minimum Gasteiger partial charge on any atom is -0.870 e. The molecule has 0 atom stereocenters. The number of nitrogens with zero attached hydrogens (tertiary/aromatic N) is 11. The van der Waals surface area contributed by atoms with Crippen LogP contribution in [0.1, 0.15) is 29.2 Å². The number of hydrogen-bond donors (Lipinski definition) is 1. The molecule has 27 heteroatoms. The van der Waals surface area contributed by atoms with Gasteiger partial charge in [-0.1, -0.05) is 75.2 Å². The van der Waals surface area contributed by atoms with Crippen LogP contribution >= 0.6 is 46.4 Å². The van der Waals surface area contributed by atoms with E-state index in [0.29, 0.717) is 110 Å². The number of carbonyl (C=O) groups excluding carboxylic acids is 2. The first-order valence-electron chi connectivity index (χ1n) is 23.7. The maximum absolute atomic E-state index is 13.0. The molecule has 3 N–H and O–H groups in total. The number of anilines is 5. The van der Waals surface area contributed by atoms with Crippen molar-refractivity contribution in [3.63, 3.8) is 0 Å². The third-order valence-electron chi connectivity index (χ3n) is 12.3. The first kappa shape index (κ1) is 78.2. The molecule has 21 nitrogen and oxygen atoms in total. The molecule has 9 rings (SSSR count). The quantitative estimate of drug-likeness (QED) is 0.0598. The van der Waals surface area contributed by atoms with Crippen LogP contribution in [0.25, 0.3) is 65.8 Å². The van der Waals surface area contributed by atoms with Crippen molar-refractivity contribution < 1.29 is 94.3 Å². The standard InChI is InChI=1S/C18H17Cl2N3O3.C18H19ClN4O3.C18H18ClN4O2.3CH4.2Na.2H2O/c1-4-26-14(24)9-23-15-10(5-7-12(19)16(15)22(2)3)17(25)11-6-8-13(20)21-18(11)23;1-21(2)13-8-6-11-17(26)10-5-7-12(19)16(22(3)4)15(10)23(9-14(24)25)18(11)20-13;1-21(2)14-8-6-12-17(25)11-5-7-13(19)16(22(3)4)15(11)23(9-10-24)18(12)20-14;;;;;;;/h5-8H,4,9H2,1-3H3;5-8H,9H2,1-4H3,(H,24,25);5-8H,9H2,1-4H3;3*1H4;;;2*1H2/q;;-1;;;;2*+1;;/p-2. The zero-order valence-corrected chi connectivity index (χ0v) is 53.9. The number of carboxylic acid groups (broad SMARTS) is 1. The van der Waals surface area contributed by atoms with Crippen molar-refractivity contribution in [2.45, 2.75) is 48.8 Å². The van der Waals surface area contributed by atoms with Crippen molar-refractivity contribution in [1.29, 1.82) is 0 Å². The molecular formula is C57H68Cl4N11Na2O10-. The van der Waals surface area contributed by atoms with Crippen molar-refractivity contribution in [1.82, 2.24) is 28.7 Å². The van der Waals surface area contributed by atoms with Crippen molar-refractivity contribution in [2.75, 3.05) is 102 Å². The molecule has 0 spiro atoms. The summed E-state index contributed by atoms with van der Waals surface area (Å²) in [4.78, 5) is 96.4. The number of aliphatic carboxylic acids is 1. The number of carboxylic acids is 1. The van der Waals surface area contributed by atoms with Gasteiger partial charge in [-0.15, -0.1) is 0 Å². The summed E-state index contributed by atoms with van der Waals surface area (Å²) < 4.78 is 9.97. The van der Waals surface area contributed by atoms with E-state index in [4.69, 9.17) is 51.1 Å². The number of carbonyl (C=O) groups is 2. The average Bonchev–Trinajstić information content (AvgIpc) is 3.13. The molecule has 0 aliphatic heterocycles. The van der Waals surface area contributed by atoms with Crippen LogP contribution in [0.4, 0.5) is 28.7 Å². The second-order valence-electron chi connectivity index (χ2n) is 18.5. The van der Waals surface area contributed by atoms with E-state index in [0.717, 1.165) is 0 Å². The number of ether oxygens (including phenoxy) is 1. The number of aromatic nitrogens is 6. The van der Waals surface area contributed by atoms with Crippen molar-refractivity contribution in [3.05, 3.63) is 124 Å². The van der Waals surface area contributed by atoms with Crippen LogP contribution in [0.15, 0.2) is 87.2 Å². The molecule has 0 fully saturated rings. The summed E-state index contributed by atoms with van der Waals surface area (Å²) in [5.74, 6) is -0.147. The summed E-state index contributed by atoms with van der Waals surface area (Å²) in [5.41, 5.74) is 3.99. The summed E-state index contributed by atoms with van der Waals surface area (Å²) in [7, 11) is 18.3. The Kier molecular flexibility index (Phi) is 30.4. The van der Waals surface area contributed by atoms with E-state index in [1.54, 1.807) is 122 Å². The number of pyridine rings is 6. The monoisotopic (exact) mass is 1250 g/mol. The molecule has 84 heavy (non-hydrogen) atoms. The minimum atomic E-state index is -1.03. The van der Waals surface area contributed by atoms with Crippen LogP contribution in [0, 0.1) is 0 Å². The van der Waals surface area contributed by atoms with E-state index < -0.39 is 11.9 Å². The largest absolute Gasteiger partial charge is 1.00 e. The zero-order valence-electron chi connectivity index (χ0n) is 46.9. The number of rotatable bonds is 12. The van der Waals surface area contributed by atoms with E-state index in [1.165, 1.54) is 0 Å². The Bertz CT molecular complexity index is 4050. The predicted molar refractivity (Wildman–Crippen MR) is 336 cm³/mol. The van der Waals surface area contributed by atoms with E-state index in [2.05, 4.69) is 15.0 Å². The summed E-state index contributed by atoms with van der Waals surface area (Å²) in [6.07, 6.45) is 1.92. The van der Waals surface area contributed by atoms with Crippen LogP contribution in [-0.2, 0) is 38.8 Å². The second-order valence-corrected chi connectivity index (χ2v) is 20.1. The molecule has 0 saturated heterocycles. The molecule has 0 aliphatic carbocycles. The minimum absolute atomic E-state index is 0. The number of fused-ring (bicyclic) bond motifs is 6. The summed E-state index contributed by atoms with van der Waals surface area (Å²) in [6.45, 7) is 1.49. The van der Waals surface area contributed by atoms with Gasteiger partial charge in [0, 0.05) is 86.6 Å². The molecule has 6 aromatic heterocycles. The Balaban J connectivity index is 0.00000118. The SMILES string of the molecule is C.C.C.CCOC(=O)Cn1c2nc(Cl)ccc2c(=O)c2ccc(Cl)c(N(C)C)c21.CN(C)c1ccc2c(=O)c3ccc(Cl)c(N(C)C)c3n(CC(=O)O)c2n1.CN(C)c1ccc2c(=O)c3ccc(Cl)c(N(C)C)c3n(C[C-]=O)c2n1.[Na+].[Na+].[OH-].[OH-]. The van der Waals surface area contributed by atoms with E-state index in [-0.39, 0.29) is 140 Å². The predicted octanol–water partition coefficient (Wildman–Crippen LogP) is 3.91. The summed E-state index contributed by atoms with van der Waals surface area (Å²) >= 11 is 25.2. The van der Waals surface area contributed by atoms with Gasteiger partial charge in [-0.3, -0.25) is 24.0 Å². The molecule has 3 aromatic carbocycles. The fourth-order valence-electron chi connectivity index (χ4n) is 9.01. The van der Waals surface area contributed by atoms with Crippen LogP contribution < -0.4 is 99.9 Å². The van der Waals surface area contributed by atoms with Crippen molar-refractivity contribution in [3.8, 4) is 0 Å².